The van der Waals surface area contributed by atoms with Crippen LogP contribution in [-0.2, 0) is 17.9 Å². The highest BCUT2D eigenvalue weighted by atomic mass is 35.5. The number of benzene rings is 4. The van der Waals surface area contributed by atoms with Crippen LogP contribution in [0.25, 0.3) is 6.08 Å². The number of aryl methyl sites for hydroxylation is 1. The second-order valence-electron chi connectivity index (χ2n) is 13.1. The Kier molecular flexibility index (Phi) is 13.5. The van der Waals surface area contributed by atoms with Gasteiger partial charge in [-0.15, -0.1) is 12.4 Å². The van der Waals surface area contributed by atoms with E-state index in [4.69, 9.17) is 31.1 Å². The van der Waals surface area contributed by atoms with E-state index in [-0.39, 0.29) is 18.3 Å². The number of piperazine rings is 1. The Labute approximate surface area is 322 Å². The fourth-order valence-electron chi connectivity index (χ4n) is 5.82. The minimum absolute atomic E-state index is 0. The van der Waals surface area contributed by atoms with Gasteiger partial charge in [0, 0.05) is 44.9 Å². The molecular weight excluding hydrogens is 707 g/mol. The first kappa shape index (κ1) is 38.9. The second-order valence-corrected chi connectivity index (χ2v) is 13.5. The van der Waals surface area contributed by atoms with Gasteiger partial charge in [-0.05, 0) is 101 Å². The number of rotatable bonds is 12. The van der Waals surface area contributed by atoms with Gasteiger partial charge >= 0.3 is 0 Å². The highest BCUT2D eigenvalue weighted by Gasteiger charge is 2.20. The zero-order chi connectivity index (χ0) is 36.5. The van der Waals surface area contributed by atoms with Gasteiger partial charge in [0.05, 0.1) is 22.9 Å². The molecular formula is C43H42Cl2N4O4. The highest BCUT2D eigenvalue weighted by molar-refractivity contribution is 6.32. The van der Waals surface area contributed by atoms with Crippen molar-refractivity contribution in [2.75, 3.05) is 26.2 Å². The van der Waals surface area contributed by atoms with Crippen molar-refractivity contribution in [1.82, 2.24) is 14.8 Å². The number of carbonyl (C=O) groups excluding carboxylic acids is 1. The molecule has 0 bridgehead atoms. The highest BCUT2D eigenvalue weighted by Crippen LogP contribution is 2.34. The predicted octanol–water partition coefficient (Wildman–Crippen LogP) is 9.98. The fourth-order valence-corrected chi connectivity index (χ4v) is 6.13. The van der Waals surface area contributed by atoms with Gasteiger partial charge < -0.3 is 19.1 Å². The van der Waals surface area contributed by atoms with E-state index >= 15 is 0 Å². The number of amides is 1. The van der Waals surface area contributed by atoms with Crippen molar-refractivity contribution < 1.29 is 19.0 Å². The average molecular weight is 750 g/mol. The van der Waals surface area contributed by atoms with Crippen LogP contribution in [0.15, 0.2) is 109 Å². The minimum atomic E-state index is -0.0256. The maximum Gasteiger partial charge on any atom is 0.246 e. The maximum absolute atomic E-state index is 13.1. The predicted molar refractivity (Wildman–Crippen MR) is 211 cm³/mol. The second kappa shape index (κ2) is 18.4. The summed E-state index contributed by atoms with van der Waals surface area (Å²) in [6, 6.07) is 33.0. The summed E-state index contributed by atoms with van der Waals surface area (Å²) in [6.07, 6.45) is 4.98. The zero-order valence-corrected chi connectivity index (χ0v) is 31.6. The Morgan fingerprint density at radius 2 is 1.51 bits per heavy atom. The smallest absolute Gasteiger partial charge is 0.246 e. The Balaban J connectivity index is 0.00000541. The number of nitriles is 1. The molecule has 0 aliphatic carbocycles. The molecule has 8 nitrogen and oxygen atoms in total. The number of carbonyl (C=O) groups is 1. The van der Waals surface area contributed by atoms with Gasteiger partial charge in [0.1, 0.15) is 23.9 Å². The van der Waals surface area contributed by atoms with Crippen LogP contribution in [-0.4, -0.2) is 46.9 Å². The Hall–Kier alpha value is -5.33. The first-order valence-electron chi connectivity index (χ1n) is 17.3. The lowest BCUT2D eigenvalue weighted by Gasteiger charge is -2.34. The topological polar surface area (TPSA) is 87.9 Å². The summed E-state index contributed by atoms with van der Waals surface area (Å²) < 4.78 is 17.9. The number of halogens is 2. The van der Waals surface area contributed by atoms with E-state index < -0.39 is 0 Å². The average Bonchev–Trinajstić information content (AvgIpc) is 3.16. The van der Waals surface area contributed by atoms with E-state index in [1.165, 1.54) is 11.1 Å². The lowest BCUT2D eigenvalue weighted by atomic mass is 10.0. The first-order valence-corrected chi connectivity index (χ1v) is 17.7. The summed E-state index contributed by atoms with van der Waals surface area (Å²) in [5, 5.41) is 9.37. The number of hydrogen-bond acceptors (Lipinski definition) is 7. The fraction of sp³-hybridized carbons (Fsp3) is 0.233. The van der Waals surface area contributed by atoms with Gasteiger partial charge in [-0.25, -0.2) is 4.98 Å². The van der Waals surface area contributed by atoms with E-state index in [1.54, 1.807) is 48.7 Å². The van der Waals surface area contributed by atoms with E-state index in [0.29, 0.717) is 53.6 Å². The molecule has 1 fully saturated rings. The van der Waals surface area contributed by atoms with Crippen LogP contribution in [0.1, 0.15) is 53.1 Å². The van der Waals surface area contributed by atoms with Crippen LogP contribution in [0.5, 0.6) is 28.9 Å². The van der Waals surface area contributed by atoms with Crippen molar-refractivity contribution in [3.05, 3.63) is 148 Å². The molecule has 0 unspecified atom stereocenters. The Morgan fingerprint density at radius 1 is 0.868 bits per heavy atom. The molecule has 4 aromatic carbocycles. The molecule has 5 aromatic rings. The molecule has 1 amide bonds. The van der Waals surface area contributed by atoms with Gasteiger partial charge in [0.2, 0.25) is 11.8 Å². The number of hydrogen-bond donors (Lipinski definition) is 0. The molecule has 0 saturated carbocycles. The van der Waals surface area contributed by atoms with Crippen LogP contribution < -0.4 is 14.2 Å². The molecule has 1 aliphatic rings. The zero-order valence-electron chi connectivity index (χ0n) is 30.0. The van der Waals surface area contributed by atoms with Crippen LogP contribution in [0, 0.1) is 18.3 Å². The summed E-state index contributed by atoms with van der Waals surface area (Å²) in [6.45, 7) is 10.4. The van der Waals surface area contributed by atoms with Crippen molar-refractivity contribution in [3.63, 3.8) is 0 Å². The molecule has 0 N–H and O–H groups in total. The van der Waals surface area contributed by atoms with Gasteiger partial charge in [-0.2, -0.15) is 5.26 Å². The minimum Gasteiger partial charge on any atom is -0.487 e. The van der Waals surface area contributed by atoms with Crippen molar-refractivity contribution in [2.45, 2.75) is 39.8 Å². The molecule has 1 aromatic heterocycles. The summed E-state index contributed by atoms with van der Waals surface area (Å²) in [5.74, 6) is 3.57. The third-order valence-corrected chi connectivity index (χ3v) is 9.15. The van der Waals surface area contributed by atoms with E-state index in [0.717, 1.165) is 47.8 Å². The van der Waals surface area contributed by atoms with Crippen LogP contribution in [0.2, 0.25) is 5.02 Å². The molecule has 2 heterocycles. The largest absolute Gasteiger partial charge is 0.487 e. The van der Waals surface area contributed by atoms with Crippen LogP contribution in [0.4, 0.5) is 0 Å². The third-order valence-electron chi connectivity index (χ3n) is 8.87. The van der Waals surface area contributed by atoms with Crippen LogP contribution >= 0.6 is 24.0 Å². The normalized spacial score (nSPS) is 13.0. The summed E-state index contributed by atoms with van der Waals surface area (Å²) in [4.78, 5) is 21.7. The molecule has 10 heteroatoms. The summed E-state index contributed by atoms with van der Waals surface area (Å²) in [5.41, 5.74) is 5.68. The van der Waals surface area contributed by atoms with Gasteiger partial charge in [-0.1, -0.05) is 61.8 Å². The lowest BCUT2D eigenvalue weighted by Crippen LogP contribution is -2.47. The Bertz CT molecular complexity index is 2010. The molecule has 272 valence electrons. The monoisotopic (exact) mass is 748 g/mol. The molecule has 0 spiro atoms. The third kappa shape index (κ3) is 10.8. The van der Waals surface area contributed by atoms with Crippen molar-refractivity contribution >= 4 is 36.0 Å². The molecule has 0 radical (unpaired) electrons. The van der Waals surface area contributed by atoms with Gasteiger partial charge in [0.25, 0.3) is 0 Å². The van der Waals surface area contributed by atoms with E-state index in [9.17, 15) is 4.79 Å². The van der Waals surface area contributed by atoms with Crippen LogP contribution in [0.3, 0.4) is 0 Å². The number of aromatic nitrogens is 1. The first-order chi connectivity index (χ1) is 25.2. The molecule has 1 aliphatic heterocycles. The molecule has 53 heavy (non-hydrogen) atoms. The summed E-state index contributed by atoms with van der Waals surface area (Å²) in [7, 11) is 0. The maximum atomic E-state index is 13.1. The lowest BCUT2D eigenvalue weighted by molar-refractivity contribution is -0.127. The van der Waals surface area contributed by atoms with Gasteiger partial charge in [-0.3, -0.25) is 9.69 Å². The molecule has 1 saturated heterocycles. The summed E-state index contributed by atoms with van der Waals surface area (Å²) >= 11 is 6.62. The number of ether oxygens (including phenoxy) is 3. The molecule has 0 atom stereocenters. The Morgan fingerprint density at radius 3 is 2.11 bits per heavy atom. The van der Waals surface area contributed by atoms with Crippen molar-refractivity contribution in [1.29, 1.82) is 5.26 Å². The number of nitrogens with zero attached hydrogens (tertiary/aromatic N) is 4. The quantitative estimate of drug-likeness (QED) is 0.117. The molecule has 6 rings (SSSR count). The SMILES string of the molecule is Cc1cc(/C=C/C(=O)N2CCN(Cc3ccc(Oc4ccc(C(C)C)cc4)cc3)CC2)cc(Cl)c1Oc1ccc(OCc2ccc(C#N)cc2)cn1.Cl. The van der Waals surface area contributed by atoms with Gasteiger partial charge in [0.15, 0.2) is 5.75 Å². The standard InChI is InChI=1S/C43H41ClN4O4.ClH/c1-30(2)36-11-15-38(16-12-36)51-37-13-8-33(9-14-37)28-47-20-22-48(23-21-47)42(49)19-10-35-24-31(3)43(40(44)25-35)52-41-18-17-39(27-46-41)50-29-34-6-4-32(26-45)5-7-34;/h4-19,24-25,27,30H,20-23,28-29H2,1-3H3;1H/b19-10+;. The van der Waals surface area contributed by atoms with Crippen molar-refractivity contribution in [3.8, 4) is 34.9 Å². The van der Waals surface area contributed by atoms with E-state index in [2.05, 4.69) is 54.1 Å². The van der Waals surface area contributed by atoms with Crippen molar-refractivity contribution in [2.24, 2.45) is 0 Å². The van der Waals surface area contributed by atoms with E-state index in [1.807, 2.05) is 54.3 Å². The number of pyridine rings is 1.